The number of nitrogens with one attached hydrogen (secondary N) is 2. The number of likely N-dealkylation sites (N-methyl/N-ethyl adjacent to an activating group) is 1. The molecule has 1 rings (SSSR count). The van der Waals surface area contributed by atoms with Gasteiger partial charge < -0.3 is 0 Å². The molecule has 0 saturated heterocycles. The summed E-state index contributed by atoms with van der Waals surface area (Å²) in [5, 5.41) is 5.54. The van der Waals surface area contributed by atoms with Crippen molar-refractivity contribution >= 4 is 15.8 Å². The van der Waals surface area contributed by atoms with Gasteiger partial charge in [0.05, 0.1) is 0 Å². The van der Waals surface area contributed by atoms with E-state index in [0.29, 0.717) is 6.54 Å². The molecule has 0 fully saturated rings. The number of carbonyl (C=O) groups is 1. The zero-order valence-corrected chi connectivity index (χ0v) is 10.9. The molecule has 5 heteroatoms. The Morgan fingerprint density at radius 2 is 2.19 bits per heavy atom. The zero-order chi connectivity index (χ0) is 12.0. The fraction of sp³-hybridized carbons (Fsp3) is 0.364. The molecule has 0 radical (unpaired) electrons. The number of benzene rings is 1. The first kappa shape index (κ1) is 13.2. The van der Waals surface area contributed by atoms with Crippen LogP contribution in [-0.4, -0.2) is 38.1 Å². The first-order valence-corrected chi connectivity index (χ1v) is 5.78. The maximum atomic E-state index is 11.5. The van der Waals surface area contributed by atoms with Crippen LogP contribution in [0.15, 0.2) is 24.3 Å². The Kier molecular flexibility index (Phi) is 5.47. The van der Waals surface area contributed by atoms with Crippen molar-refractivity contribution in [3.63, 3.8) is 0 Å². The van der Waals surface area contributed by atoms with Crippen molar-refractivity contribution in [2.24, 2.45) is 0 Å². The molecule has 91 valence electrons. The minimum absolute atomic E-state index is 0.176. The van der Waals surface area contributed by atoms with Crippen LogP contribution in [-0.2, 0) is 19.2 Å². The average molecular weight is 313 g/mol. The summed E-state index contributed by atoms with van der Waals surface area (Å²) in [7, 11) is 3.93. The fourth-order valence-electron chi connectivity index (χ4n) is 1.12. The molecule has 0 spiro atoms. The monoisotopic (exact) mass is 312 g/mol. The summed E-state index contributed by atoms with van der Waals surface area (Å²) in [5.41, 5.74) is 0.784. The predicted octanol–water partition coefficient (Wildman–Crippen LogP) is 0.542. The Hall–Kier alpha value is -0.888. The molecular formula is C11H16N3OPd. The predicted molar refractivity (Wildman–Crippen MR) is 61.7 cm³/mol. The topological polar surface area (TPSA) is 44.4 Å². The fourth-order valence-corrected chi connectivity index (χ4v) is 1.51. The molecule has 0 unspecified atom stereocenters. The number of carbonyl (C=O) groups excluding carboxylic acids is 1. The van der Waals surface area contributed by atoms with Crippen molar-refractivity contribution in [1.82, 2.24) is 10.2 Å². The van der Waals surface area contributed by atoms with Crippen LogP contribution in [0.3, 0.4) is 0 Å². The van der Waals surface area contributed by atoms with E-state index in [1.165, 1.54) is 0 Å². The Labute approximate surface area is 107 Å². The van der Waals surface area contributed by atoms with Crippen LogP contribution in [0.1, 0.15) is 0 Å². The molecule has 0 atom stereocenters. The Balaban J connectivity index is 2.34. The van der Waals surface area contributed by atoms with Gasteiger partial charge >= 0.3 is 107 Å². The van der Waals surface area contributed by atoms with Crippen molar-refractivity contribution in [2.45, 2.75) is 0 Å². The molecule has 0 aliphatic carbocycles. The normalized spacial score (nSPS) is 10.3. The van der Waals surface area contributed by atoms with Crippen LogP contribution in [0.2, 0.25) is 0 Å². The summed E-state index contributed by atoms with van der Waals surface area (Å²) in [6.07, 6.45) is 0. The number of rotatable bonds is 4. The van der Waals surface area contributed by atoms with Crippen LogP contribution in [0.4, 0.5) is 10.5 Å². The van der Waals surface area contributed by atoms with Crippen LogP contribution in [0.25, 0.3) is 0 Å². The molecule has 0 bridgehead atoms. The van der Waals surface area contributed by atoms with Crippen LogP contribution < -0.4 is 14.7 Å². The third-order valence-corrected chi connectivity index (χ3v) is 2.39. The molecule has 1 aromatic carbocycles. The molecule has 0 aliphatic rings. The van der Waals surface area contributed by atoms with Crippen molar-refractivity contribution in [3.05, 3.63) is 24.3 Å². The van der Waals surface area contributed by atoms with E-state index >= 15 is 0 Å². The molecule has 16 heavy (non-hydrogen) atoms. The van der Waals surface area contributed by atoms with E-state index in [0.717, 1.165) is 16.3 Å². The van der Waals surface area contributed by atoms with Gasteiger partial charge in [0.15, 0.2) is 0 Å². The molecule has 4 nitrogen and oxygen atoms in total. The van der Waals surface area contributed by atoms with Gasteiger partial charge in [-0.2, -0.15) is 0 Å². The molecule has 0 aromatic heterocycles. The quantitative estimate of drug-likeness (QED) is 0.797. The second-order valence-corrected chi connectivity index (χ2v) is 4.56. The van der Waals surface area contributed by atoms with Crippen molar-refractivity contribution in [3.8, 4) is 0 Å². The van der Waals surface area contributed by atoms with E-state index in [4.69, 9.17) is 0 Å². The number of anilines is 1. The van der Waals surface area contributed by atoms with Gasteiger partial charge in [0.1, 0.15) is 0 Å². The number of nitrogens with zero attached hydrogens (tertiary/aromatic N) is 1. The zero-order valence-electron chi connectivity index (χ0n) is 9.40. The van der Waals surface area contributed by atoms with E-state index in [2.05, 4.69) is 29.8 Å². The van der Waals surface area contributed by atoms with Gasteiger partial charge in [-0.25, -0.2) is 0 Å². The molecule has 0 heterocycles. The summed E-state index contributed by atoms with van der Waals surface area (Å²) < 4.78 is 0.981. The van der Waals surface area contributed by atoms with Crippen molar-refractivity contribution in [2.75, 3.05) is 32.5 Å². The number of urea groups is 1. The summed E-state index contributed by atoms with van der Waals surface area (Å²) in [4.78, 5) is 13.5. The van der Waals surface area contributed by atoms with Gasteiger partial charge in [0.25, 0.3) is 0 Å². The second-order valence-electron chi connectivity index (χ2n) is 3.66. The van der Waals surface area contributed by atoms with E-state index in [1.807, 2.05) is 43.3 Å². The molecule has 0 aliphatic heterocycles. The Bertz CT molecular complexity index is 355. The van der Waals surface area contributed by atoms with Crippen LogP contribution >= 0.6 is 0 Å². The number of hydrogen-bond donors (Lipinski definition) is 2. The molecular weight excluding hydrogens is 297 g/mol. The van der Waals surface area contributed by atoms with Crippen molar-refractivity contribution < 1.29 is 24.0 Å². The van der Waals surface area contributed by atoms with Gasteiger partial charge in [-0.1, -0.05) is 0 Å². The second kappa shape index (κ2) is 6.64. The summed E-state index contributed by atoms with van der Waals surface area (Å²) >= 11 is 3.08. The summed E-state index contributed by atoms with van der Waals surface area (Å²) in [6.45, 7) is 1.46. The van der Waals surface area contributed by atoms with Crippen molar-refractivity contribution in [1.29, 1.82) is 0 Å². The Morgan fingerprint density at radius 1 is 1.44 bits per heavy atom. The SMILES string of the molecule is CN(C)CCNC(=O)Nc1ccc[c]([Pd])c1. The molecule has 2 N–H and O–H groups in total. The third-order valence-electron chi connectivity index (χ3n) is 1.91. The number of hydrogen-bond acceptors (Lipinski definition) is 2. The molecule has 2 amide bonds. The van der Waals surface area contributed by atoms with Gasteiger partial charge in [-0.3, -0.25) is 0 Å². The summed E-state index contributed by atoms with van der Waals surface area (Å²) in [6, 6.07) is 7.35. The number of amides is 2. The Morgan fingerprint density at radius 3 is 2.81 bits per heavy atom. The maximum absolute atomic E-state index is 11.5. The van der Waals surface area contributed by atoms with E-state index in [1.54, 1.807) is 0 Å². The van der Waals surface area contributed by atoms with E-state index in [9.17, 15) is 4.79 Å². The first-order chi connectivity index (χ1) is 7.58. The first-order valence-electron chi connectivity index (χ1n) is 5.00. The van der Waals surface area contributed by atoms with E-state index in [-0.39, 0.29) is 6.03 Å². The standard InChI is InChI=1S/C11H16N3O.Pd/c1-14(2)9-8-12-11(15)13-10-6-4-3-5-7-10;/h3-4,6-7H,8-9H2,1-2H3,(H2,12,13,15);. The van der Waals surface area contributed by atoms with Crippen LogP contribution in [0.5, 0.6) is 0 Å². The molecule has 0 saturated carbocycles. The van der Waals surface area contributed by atoms with Gasteiger partial charge in [-0.05, 0) is 0 Å². The average Bonchev–Trinajstić information content (AvgIpc) is 2.16. The third kappa shape index (κ3) is 5.27. The summed E-state index contributed by atoms with van der Waals surface area (Å²) in [5.74, 6) is 0. The van der Waals surface area contributed by atoms with Gasteiger partial charge in [0, 0.05) is 0 Å². The van der Waals surface area contributed by atoms with E-state index < -0.39 is 0 Å². The van der Waals surface area contributed by atoms with Gasteiger partial charge in [-0.15, -0.1) is 0 Å². The molecule has 1 aromatic rings. The minimum atomic E-state index is -0.176. The van der Waals surface area contributed by atoms with Gasteiger partial charge in [0.2, 0.25) is 0 Å². The van der Waals surface area contributed by atoms with Crippen LogP contribution in [0, 0.1) is 0 Å².